The lowest BCUT2D eigenvalue weighted by atomic mass is 10.3. The van der Waals surface area contributed by atoms with Crippen LogP contribution in [-0.2, 0) is 0 Å². The summed E-state index contributed by atoms with van der Waals surface area (Å²) >= 11 is 3.10. The highest BCUT2D eigenvalue weighted by Crippen LogP contribution is 2.33. The molecule has 1 fully saturated rings. The quantitative estimate of drug-likeness (QED) is 0.770. The molecule has 0 bridgehead atoms. The van der Waals surface area contributed by atoms with Crippen molar-refractivity contribution in [2.24, 2.45) is 0 Å². The highest BCUT2D eigenvalue weighted by atomic mass is 32.1. The molecule has 0 unspecified atom stereocenters. The average Bonchev–Trinajstić information content (AvgIpc) is 3.11. The number of hydrogen-bond donors (Lipinski definition) is 2. The average molecular weight is 354 g/mol. The molecule has 8 heteroatoms. The number of carbonyl (C=O) groups is 1. The lowest BCUT2D eigenvalue weighted by Gasteiger charge is -2.27. The zero-order chi connectivity index (χ0) is 16.2. The highest BCUT2D eigenvalue weighted by molar-refractivity contribution is 7.29. The lowest BCUT2D eigenvalue weighted by molar-refractivity contribution is 0.0955. The molecule has 1 aliphatic rings. The Labute approximate surface area is 144 Å². The van der Waals surface area contributed by atoms with Crippen molar-refractivity contribution in [1.29, 1.82) is 0 Å². The number of nitrogens with zero attached hydrogens (tertiary/aromatic N) is 3. The van der Waals surface area contributed by atoms with Gasteiger partial charge in [-0.3, -0.25) is 4.79 Å². The molecule has 2 aromatic heterocycles. The summed E-state index contributed by atoms with van der Waals surface area (Å²) in [6.45, 7) is 6.13. The number of amides is 1. The molecule has 0 aliphatic carbocycles. The molecule has 1 saturated heterocycles. The Hall–Kier alpha value is -1.22. The standard InChI is InChI=1S/C15H23N5OS2/c1-19(2)15-18-14-12(23-15)10-11(22-14)13(21)17-4-3-7-20-8-5-16-6-9-20/h10,16H,3-9H2,1-2H3,(H,17,21). The van der Waals surface area contributed by atoms with Crippen molar-refractivity contribution in [3.8, 4) is 0 Å². The summed E-state index contributed by atoms with van der Waals surface area (Å²) in [5.41, 5.74) is 0. The fourth-order valence-corrected chi connectivity index (χ4v) is 4.60. The first-order chi connectivity index (χ1) is 11.1. The van der Waals surface area contributed by atoms with Crippen LogP contribution in [0.15, 0.2) is 6.07 Å². The van der Waals surface area contributed by atoms with Crippen LogP contribution in [0.5, 0.6) is 0 Å². The van der Waals surface area contributed by atoms with Crippen LogP contribution in [0.1, 0.15) is 16.1 Å². The van der Waals surface area contributed by atoms with E-state index in [1.54, 1.807) is 11.3 Å². The zero-order valence-corrected chi connectivity index (χ0v) is 15.2. The van der Waals surface area contributed by atoms with Crippen LogP contribution in [0.3, 0.4) is 0 Å². The number of nitrogens with one attached hydrogen (secondary N) is 2. The van der Waals surface area contributed by atoms with Gasteiger partial charge < -0.3 is 20.4 Å². The van der Waals surface area contributed by atoms with Crippen LogP contribution >= 0.6 is 22.7 Å². The van der Waals surface area contributed by atoms with E-state index in [0.29, 0.717) is 0 Å². The molecular weight excluding hydrogens is 330 g/mol. The largest absolute Gasteiger partial charge is 0.354 e. The normalized spacial score (nSPS) is 15.9. The number of anilines is 1. The lowest BCUT2D eigenvalue weighted by Crippen LogP contribution is -2.44. The molecule has 0 radical (unpaired) electrons. The van der Waals surface area contributed by atoms with E-state index in [1.807, 2.05) is 25.1 Å². The predicted molar refractivity (Wildman–Crippen MR) is 98.1 cm³/mol. The Balaban J connectivity index is 1.47. The molecule has 2 aromatic rings. The molecule has 0 aromatic carbocycles. The van der Waals surface area contributed by atoms with Crippen LogP contribution in [0.25, 0.3) is 9.53 Å². The van der Waals surface area contributed by atoms with Crippen molar-refractivity contribution in [1.82, 2.24) is 20.5 Å². The third kappa shape index (κ3) is 4.20. The van der Waals surface area contributed by atoms with Gasteiger partial charge in [0.25, 0.3) is 5.91 Å². The maximum atomic E-state index is 12.2. The molecule has 0 atom stereocenters. The van der Waals surface area contributed by atoms with Crippen molar-refractivity contribution < 1.29 is 4.79 Å². The van der Waals surface area contributed by atoms with Crippen LogP contribution < -0.4 is 15.5 Å². The molecule has 126 valence electrons. The number of thiazole rings is 1. The number of thiophene rings is 1. The molecule has 3 rings (SSSR count). The fourth-order valence-electron chi connectivity index (χ4n) is 2.55. The maximum Gasteiger partial charge on any atom is 0.261 e. The van der Waals surface area contributed by atoms with Gasteiger partial charge in [0, 0.05) is 46.8 Å². The maximum absolute atomic E-state index is 12.2. The summed E-state index contributed by atoms with van der Waals surface area (Å²) in [6.07, 6.45) is 0.995. The van der Waals surface area contributed by atoms with Crippen molar-refractivity contribution in [3.63, 3.8) is 0 Å². The van der Waals surface area contributed by atoms with Gasteiger partial charge in [0.15, 0.2) is 5.13 Å². The van der Waals surface area contributed by atoms with E-state index < -0.39 is 0 Å². The number of rotatable bonds is 6. The Morgan fingerprint density at radius 2 is 2.17 bits per heavy atom. The first kappa shape index (κ1) is 16.6. The first-order valence-electron chi connectivity index (χ1n) is 7.92. The summed E-state index contributed by atoms with van der Waals surface area (Å²) < 4.78 is 1.09. The SMILES string of the molecule is CN(C)c1nc2sc(C(=O)NCCCN3CCNCC3)cc2s1. The van der Waals surface area contributed by atoms with Crippen molar-refractivity contribution in [2.75, 3.05) is 58.3 Å². The van der Waals surface area contributed by atoms with Gasteiger partial charge >= 0.3 is 0 Å². The third-order valence-electron chi connectivity index (χ3n) is 3.83. The van der Waals surface area contributed by atoms with E-state index in [-0.39, 0.29) is 5.91 Å². The van der Waals surface area contributed by atoms with E-state index in [9.17, 15) is 4.79 Å². The summed E-state index contributed by atoms with van der Waals surface area (Å²) in [5, 5.41) is 7.35. The molecule has 6 nitrogen and oxygen atoms in total. The van der Waals surface area contributed by atoms with Gasteiger partial charge in [0.2, 0.25) is 0 Å². The van der Waals surface area contributed by atoms with Gasteiger partial charge in [-0.05, 0) is 19.0 Å². The summed E-state index contributed by atoms with van der Waals surface area (Å²) in [6, 6.07) is 1.95. The molecule has 1 aliphatic heterocycles. The van der Waals surface area contributed by atoms with Crippen LogP contribution in [0.4, 0.5) is 5.13 Å². The van der Waals surface area contributed by atoms with Crippen molar-refractivity contribution in [2.45, 2.75) is 6.42 Å². The Bertz CT molecular complexity index is 628. The minimum absolute atomic E-state index is 0.0203. The number of piperazine rings is 1. The summed E-state index contributed by atoms with van der Waals surface area (Å²) in [4.78, 5) is 22.9. The monoisotopic (exact) mass is 353 g/mol. The van der Waals surface area contributed by atoms with Gasteiger partial charge in [-0.25, -0.2) is 4.98 Å². The van der Waals surface area contributed by atoms with E-state index in [0.717, 1.165) is 65.2 Å². The molecular formula is C15H23N5OS2. The van der Waals surface area contributed by atoms with Gasteiger partial charge in [-0.15, -0.1) is 11.3 Å². The Morgan fingerprint density at radius 3 is 2.87 bits per heavy atom. The van der Waals surface area contributed by atoms with Crippen molar-refractivity contribution in [3.05, 3.63) is 10.9 Å². The minimum Gasteiger partial charge on any atom is -0.354 e. The highest BCUT2D eigenvalue weighted by Gasteiger charge is 2.14. The van der Waals surface area contributed by atoms with E-state index in [4.69, 9.17) is 0 Å². The minimum atomic E-state index is 0.0203. The fraction of sp³-hybridized carbons (Fsp3) is 0.600. The number of carbonyl (C=O) groups excluding carboxylic acids is 1. The van der Waals surface area contributed by atoms with Crippen LogP contribution in [-0.4, -0.2) is 69.2 Å². The van der Waals surface area contributed by atoms with Crippen LogP contribution in [0, 0.1) is 0 Å². The van der Waals surface area contributed by atoms with E-state index >= 15 is 0 Å². The second-order valence-corrected chi connectivity index (χ2v) is 7.91. The molecule has 0 saturated carbocycles. The zero-order valence-electron chi connectivity index (χ0n) is 13.6. The number of fused-ring (bicyclic) bond motifs is 1. The van der Waals surface area contributed by atoms with Crippen molar-refractivity contribution >= 4 is 43.2 Å². The van der Waals surface area contributed by atoms with E-state index in [1.165, 1.54) is 11.3 Å². The summed E-state index contributed by atoms with van der Waals surface area (Å²) in [7, 11) is 3.96. The van der Waals surface area contributed by atoms with Gasteiger partial charge in [-0.1, -0.05) is 11.3 Å². The molecule has 23 heavy (non-hydrogen) atoms. The van der Waals surface area contributed by atoms with Crippen LogP contribution in [0.2, 0.25) is 0 Å². The second-order valence-electron chi connectivity index (χ2n) is 5.87. The van der Waals surface area contributed by atoms with Gasteiger partial charge in [-0.2, -0.15) is 0 Å². The third-order valence-corrected chi connectivity index (χ3v) is 6.16. The first-order valence-corrected chi connectivity index (χ1v) is 9.56. The molecule has 3 heterocycles. The molecule has 0 spiro atoms. The smallest absolute Gasteiger partial charge is 0.261 e. The van der Waals surface area contributed by atoms with Gasteiger partial charge in [0.1, 0.15) is 4.83 Å². The predicted octanol–water partition coefficient (Wildman–Crippen LogP) is 1.45. The Morgan fingerprint density at radius 1 is 1.39 bits per heavy atom. The van der Waals surface area contributed by atoms with E-state index in [2.05, 4.69) is 20.5 Å². The Kier molecular flexibility index (Phi) is 5.47. The second kappa shape index (κ2) is 7.57. The number of hydrogen-bond acceptors (Lipinski definition) is 7. The molecule has 2 N–H and O–H groups in total. The summed E-state index contributed by atoms with van der Waals surface area (Å²) in [5.74, 6) is 0.0203. The topological polar surface area (TPSA) is 60.5 Å². The molecule has 1 amide bonds. The number of aromatic nitrogens is 1. The van der Waals surface area contributed by atoms with Gasteiger partial charge in [0.05, 0.1) is 9.58 Å².